The van der Waals surface area contributed by atoms with Gasteiger partial charge in [0.05, 0.1) is 17.1 Å². The molecule has 0 saturated carbocycles. The van der Waals surface area contributed by atoms with Crippen molar-refractivity contribution in [2.24, 2.45) is 0 Å². The van der Waals surface area contributed by atoms with Gasteiger partial charge in [-0.3, -0.25) is 4.79 Å². The Bertz CT molecular complexity index is 721. The summed E-state index contributed by atoms with van der Waals surface area (Å²) in [7, 11) is 5.91. The van der Waals surface area contributed by atoms with Gasteiger partial charge in [0.2, 0.25) is 5.91 Å². The zero-order valence-electron chi connectivity index (χ0n) is 15.5. The summed E-state index contributed by atoms with van der Waals surface area (Å²) in [5.41, 5.74) is 4.51. The molecule has 24 heavy (non-hydrogen) atoms. The Balaban J connectivity index is 2.23. The number of rotatable bonds is 6. The smallest absolute Gasteiger partial charge is 0.227 e. The second kappa shape index (κ2) is 7.90. The van der Waals surface area contributed by atoms with Crippen LogP contribution >= 0.6 is 11.3 Å². The van der Waals surface area contributed by atoms with Crippen molar-refractivity contribution < 1.29 is 4.79 Å². The van der Waals surface area contributed by atoms with Crippen LogP contribution in [0.2, 0.25) is 0 Å². The molecule has 0 saturated heterocycles. The Morgan fingerprint density at radius 2 is 1.83 bits per heavy atom. The van der Waals surface area contributed by atoms with Crippen molar-refractivity contribution >= 4 is 17.2 Å². The van der Waals surface area contributed by atoms with Crippen molar-refractivity contribution in [1.82, 2.24) is 14.8 Å². The standard InChI is InChI=1S/C19H27N3OS/c1-13-7-8-14(2)16(11-13)19-17(24-15(3)20-19)12-18(23)22(6)10-9-21(4)5/h7-8,11H,9-10,12H2,1-6H3. The number of hydrogen-bond acceptors (Lipinski definition) is 4. The summed E-state index contributed by atoms with van der Waals surface area (Å²) in [6.45, 7) is 7.79. The van der Waals surface area contributed by atoms with E-state index in [1.165, 1.54) is 11.1 Å². The van der Waals surface area contributed by atoms with E-state index in [0.29, 0.717) is 6.42 Å². The minimum Gasteiger partial charge on any atom is -0.344 e. The van der Waals surface area contributed by atoms with Crippen LogP contribution in [-0.2, 0) is 11.2 Å². The van der Waals surface area contributed by atoms with E-state index in [1.807, 2.05) is 33.0 Å². The Morgan fingerprint density at radius 1 is 1.12 bits per heavy atom. The number of benzene rings is 1. The van der Waals surface area contributed by atoms with E-state index in [2.05, 4.69) is 36.9 Å². The highest BCUT2D eigenvalue weighted by Gasteiger charge is 2.18. The van der Waals surface area contributed by atoms with Crippen LogP contribution in [-0.4, -0.2) is 54.9 Å². The Labute approximate surface area is 149 Å². The van der Waals surface area contributed by atoms with Crippen molar-refractivity contribution in [3.05, 3.63) is 39.2 Å². The molecule has 1 amide bonds. The van der Waals surface area contributed by atoms with E-state index in [1.54, 1.807) is 11.3 Å². The number of likely N-dealkylation sites (N-methyl/N-ethyl adjacent to an activating group) is 2. The third kappa shape index (κ3) is 4.65. The topological polar surface area (TPSA) is 36.4 Å². The molecule has 1 heterocycles. The van der Waals surface area contributed by atoms with Gasteiger partial charge in [-0.2, -0.15) is 0 Å². The maximum absolute atomic E-state index is 12.6. The van der Waals surface area contributed by atoms with Gasteiger partial charge >= 0.3 is 0 Å². The van der Waals surface area contributed by atoms with Gasteiger partial charge in [-0.15, -0.1) is 11.3 Å². The van der Waals surface area contributed by atoms with Gasteiger partial charge < -0.3 is 9.80 Å². The third-order valence-electron chi connectivity index (χ3n) is 4.07. The molecule has 0 N–H and O–H groups in total. The van der Waals surface area contributed by atoms with Gasteiger partial charge in [-0.05, 0) is 46.5 Å². The Hall–Kier alpha value is -1.72. The van der Waals surface area contributed by atoms with E-state index in [4.69, 9.17) is 4.98 Å². The maximum atomic E-state index is 12.6. The van der Waals surface area contributed by atoms with Gasteiger partial charge in [0, 0.05) is 30.6 Å². The first-order chi connectivity index (χ1) is 11.3. The fraction of sp³-hybridized carbons (Fsp3) is 0.474. The molecule has 1 aromatic carbocycles. The minimum absolute atomic E-state index is 0.145. The third-order valence-corrected chi connectivity index (χ3v) is 5.04. The Kier molecular flexibility index (Phi) is 6.13. The SMILES string of the molecule is Cc1ccc(C)c(-c2nc(C)sc2CC(=O)N(C)CCN(C)C)c1. The highest BCUT2D eigenvalue weighted by molar-refractivity contribution is 7.12. The number of hydrogen-bond donors (Lipinski definition) is 0. The van der Waals surface area contributed by atoms with Gasteiger partial charge in [0.15, 0.2) is 0 Å². The molecule has 0 aliphatic carbocycles. The number of aryl methyl sites for hydroxylation is 3. The molecular formula is C19H27N3OS. The van der Waals surface area contributed by atoms with E-state index in [-0.39, 0.29) is 5.91 Å². The van der Waals surface area contributed by atoms with E-state index >= 15 is 0 Å². The number of amides is 1. The summed E-state index contributed by atoms with van der Waals surface area (Å²) in [4.78, 5) is 22.2. The van der Waals surface area contributed by atoms with Crippen LogP contribution in [0.25, 0.3) is 11.3 Å². The van der Waals surface area contributed by atoms with Crippen molar-refractivity contribution in [2.75, 3.05) is 34.2 Å². The van der Waals surface area contributed by atoms with Crippen molar-refractivity contribution in [3.8, 4) is 11.3 Å². The second-order valence-corrected chi connectivity index (χ2v) is 7.91. The van der Waals surface area contributed by atoms with E-state index in [0.717, 1.165) is 34.2 Å². The lowest BCUT2D eigenvalue weighted by atomic mass is 10.0. The maximum Gasteiger partial charge on any atom is 0.227 e. The van der Waals surface area contributed by atoms with Crippen molar-refractivity contribution in [3.63, 3.8) is 0 Å². The molecule has 0 atom stereocenters. The molecule has 2 rings (SSSR count). The number of carbonyl (C=O) groups excluding carboxylic acids is 1. The molecule has 2 aromatic rings. The van der Waals surface area contributed by atoms with Crippen LogP contribution in [0.3, 0.4) is 0 Å². The first-order valence-electron chi connectivity index (χ1n) is 8.20. The lowest BCUT2D eigenvalue weighted by Gasteiger charge is -2.19. The van der Waals surface area contributed by atoms with Crippen LogP contribution in [0.4, 0.5) is 0 Å². The molecule has 0 bridgehead atoms. The van der Waals surface area contributed by atoms with Crippen LogP contribution in [0, 0.1) is 20.8 Å². The molecule has 0 aliphatic heterocycles. The van der Waals surface area contributed by atoms with Crippen LogP contribution in [0.1, 0.15) is 21.0 Å². The summed E-state index contributed by atoms with van der Waals surface area (Å²) in [6, 6.07) is 6.39. The number of aromatic nitrogens is 1. The second-order valence-electron chi connectivity index (χ2n) is 6.62. The quantitative estimate of drug-likeness (QED) is 0.806. The largest absolute Gasteiger partial charge is 0.344 e. The predicted octanol–water partition coefficient (Wildman–Crippen LogP) is 3.30. The fourth-order valence-corrected chi connectivity index (χ4v) is 3.48. The van der Waals surface area contributed by atoms with E-state index in [9.17, 15) is 4.79 Å². The van der Waals surface area contributed by atoms with Gasteiger partial charge in [-0.25, -0.2) is 4.98 Å². The molecule has 0 aliphatic rings. The highest BCUT2D eigenvalue weighted by atomic mass is 32.1. The average molecular weight is 346 g/mol. The van der Waals surface area contributed by atoms with Crippen LogP contribution < -0.4 is 0 Å². The molecule has 0 unspecified atom stereocenters. The lowest BCUT2D eigenvalue weighted by molar-refractivity contribution is -0.129. The molecule has 4 nitrogen and oxygen atoms in total. The van der Waals surface area contributed by atoms with Crippen LogP contribution in [0.15, 0.2) is 18.2 Å². The summed E-state index contributed by atoms with van der Waals surface area (Å²) >= 11 is 1.62. The average Bonchev–Trinajstić information content (AvgIpc) is 2.87. The lowest BCUT2D eigenvalue weighted by Crippen LogP contribution is -2.34. The number of carbonyl (C=O) groups is 1. The highest BCUT2D eigenvalue weighted by Crippen LogP contribution is 2.31. The summed E-state index contributed by atoms with van der Waals surface area (Å²) in [5, 5.41) is 1.00. The van der Waals surface area contributed by atoms with Crippen molar-refractivity contribution in [1.29, 1.82) is 0 Å². The molecule has 130 valence electrons. The van der Waals surface area contributed by atoms with Gasteiger partial charge in [0.25, 0.3) is 0 Å². The van der Waals surface area contributed by atoms with Gasteiger partial charge in [0.1, 0.15) is 0 Å². The van der Waals surface area contributed by atoms with Gasteiger partial charge in [-0.1, -0.05) is 17.7 Å². The number of nitrogens with zero attached hydrogens (tertiary/aromatic N) is 3. The first kappa shape index (κ1) is 18.6. The molecular weight excluding hydrogens is 318 g/mol. The Morgan fingerprint density at radius 3 is 2.50 bits per heavy atom. The zero-order valence-corrected chi connectivity index (χ0v) is 16.3. The normalized spacial score (nSPS) is 11.1. The molecule has 0 fully saturated rings. The summed E-state index contributed by atoms with van der Waals surface area (Å²) in [6.07, 6.45) is 0.415. The first-order valence-corrected chi connectivity index (χ1v) is 9.02. The van der Waals surface area contributed by atoms with Crippen LogP contribution in [0.5, 0.6) is 0 Å². The fourth-order valence-electron chi connectivity index (χ4n) is 2.54. The molecule has 0 radical (unpaired) electrons. The minimum atomic E-state index is 0.145. The summed E-state index contributed by atoms with van der Waals surface area (Å²) < 4.78 is 0. The predicted molar refractivity (Wildman–Crippen MR) is 102 cm³/mol. The molecule has 1 aromatic heterocycles. The molecule has 5 heteroatoms. The monoisotopic (exact) mass is 345 g/mol. The molecule has 0 spiro atoms. The number of thiazole rings is 1. The van der Waals surface area contributed by atoms with Crippen molar-refractivity contribution in [2.45, 2.75) is 27.2 Å². The zero-order chi connectivity index (χ0) is 17.9. The summed E-state index contributed by atoms with van der Waals surface area (Å²) in [5.74, 6) is 0.145. The van der Waals surface area contributed by atoms with E-state index < -0.39 is 0 Å².